The van der Waals surface area contributed by atoms with Gasteiger partial charge < -0.3 is 5.32 Å². The summed E-state index contributed by atoms with van der Waals surface area (Å²) in [6, 6.07) is 20.5. The molecule has 1 aliphatic rings. The highest BCUT2D eigenvalue weighted by molar-refractivity contribution is 5.85. The standard InChI is InChI=1S/C22H30N2.2ClH/c1-2-3-5-13-22(24-16-14-23-15-17-24)21-12-8-11-20(18-21)19-9-6-4-7-10-19;;/h4,6-12,18,22-23H,2-3,5,13-17H2,1H3;2*1H/t22-;;/m1../s1. The zero-order valence-electron chi connectivity index (χ0n) is 15.7. The third-order valence-electron chi connectivity index (χ3n) is 5.05. The van der Waals surface area contributed by atoms with Crippen LogP contribution >= 0.6 is 24.8 Å². The van der Waals surface area contributed by atoms with Crippen molar-refractivity contribution >= 4 is 24.8 Å². The van der Waals surface area contributed by atoms with Gasteiger partial charge in [-0.3, -0.25) is 4.90 Å². The largest absolute Gasteiger partial charge is 0.314 e. The zero-order valence-corrected chi connectivity index (χ0v) is 17.3. The van der Waals surface area contributed by atoms with E-state index in [2.05, 4.69) is 71.7 Å². The van der Waals surface area contributed by atoms with Gasteiger partial charge >= 0.3 is 0 Å². The molecule has 2 aromatic carbocycles. The lowest BCUT2D eigenvalue weighted by molar-refractivity contribution is 0.163. The van der Waals surface area contributed by atoms with Crippen molar-refractivity contribution in [3.05, 3.63) is 60.2 Å². The van der Waals surface area contributed by atoms with Crippen molar-refractivity contribution in [3.8, 4) is 11.1 Å². The molecule has 1 fully saturated rings. The molecular weight excluding hydrogens is 363 g/mol. The van der Waals surface area contributed by atoms with Gasteiger partial charge in [0.2, 0.25) is 0 Å². The first-order valence-corrected chi connectivity index (χ1v) is 9.48. The van der Waals surface area contributed by atoms with E-state index >= 15 is 0 Å². The Morgan fingerprint density at radius 1 is 0.885 bits per heavy atom. The van der Waals surface area contributed by atoms with Gasteiger partial charge in [-0.15, -0.1) is 24.8 Å². The van der Waals surface area contributed by atoms with E-state index in [1.807, 2.05) is 0 Å². The maximum atomic E-state index is 3.48. The average molecular weight is 395 g/mol. The number of nitrogens with zero attached hydrogens (tertiary/aromatic N) is 1. The van der Waals surface area contributed by atoms with Gasteiger partial charge in [-0.1, -0.05) is 74.7 Å². The van der Waals surface area contributed by atoms with Crippen LogP contribution in [0.15, 0.2) is 54.6 Å². The molecular formula is C22H32Cl2N2. The Kier molecular flexibility index (Phi) is 10.9. The average Bonchev–Trinajstić information content (AvgIpc) is 2.67. The summed E-state index contributed by atoms with van der Waals surface area (Å²) in [5.41, 5.74) is 4.13. The van der Waals surface area contributed by atoms with Crippen molar-refractivity contribution in [1.29, 1.82) is 0 Å². The van der Waals surface area contributed by atoms with Crippen LogP contribution in [0.2, 0.25) is 0 Å². The lowest BCUT2D eigenvalue weighted by Crippen LogP contribution is -2.45. The van der Waals surface area contributed by atoms with Crippen LogP contribution in [-0.4, -0.2) is 31.1 Å². The third-order valence-corrected chi connectivity index (χ3v) is 5.05. The molecule has 0 aliphatic carbocycles. The number of piperazine rings is 1. The van der Waals surface area contributed by atoms with Crippen molar-refractivity contribution in [1.82, 2.24) is 10.2 Å². The van der Waals surface area contributed by atoms with Gasteiger partial charge in [-0.2, -0.15) is 0 Å². The highest BCUT2D eigenvalue weighted by atomic mass is 35.5. The molecule has 26 heavy (non-hydrogen) atoms. The quantitative estimate of drug-likeness (QED) is 0.603. The van der Waals surface area contributed by atoms with E-state index in [-0.39, 0.29) is 24.8 Å². The van der Waals surface area contributed by atoms with E-state index in [0.717, 1.165) is 26.2 Å². The van der Waals surface area contributed by atoms with Crippen LogP contribution in [0.4, 0.5) is 0 Å². The van der Waals surface area contributed by atoms with Crippen molar-refractivity contribution in [2.75, 3.05) is 26.2 Å². The maximum absolute atomic E-state index is 3.48. The van der Waals surface area contributed by atoms with Gasteiger partial charge in [-0.05, 0) is 29.2 Å². The number of rotatable bonds is 7. The van der Waals surface area contributed by atoms with Gasteiger partial charge in [0.05, 0.1) is 0 Å². The summed E-state index contributed by atoms with van der Waals surface area (Å²) in [5, 5.41) is 3.48. The molecule has 4 heteroatoms. The molecule has 0 radical (unpaired) electrons. The molecule has 1 N–H and O–H groups in total. The summed E-state index contributed by atoms with van der Waals surface area (Å²) in [6.45, 7) is 6.83. The van der Waals surface area contributed by atoms with Gasteiger partial charge in [0, 0.05) is 32.2 Å². The van der Waals surface area contributed by atoms with Crippen molar-refractivity contribution in [2.45, 2.75) is 38.6 Å². The van der Waals surface area contributed by atoms with Crippen LogP contribution in [-0.2, 0) is 0 Å². The van der Waals surface area contributed by atoms with Crippen molar-refractivity contribution < 1.29 is 0 Å². The maximum Gasteiger partial charge on any atom is 0.0349 e. The van der Waals surface area contributed by atoms with Crippen molar-refractivity contribution in [3.63, 3.8) is 0 Å². The predicted octanol–water partition coefficient (Wildman–Crippen LogP) is 5.72. The van der Waals surface area contributed by atoms with E-state index in [1.54, 1.807) is 0 Å². The molecule has 1 aliphatic heterocycles. The summed E-state index contributed by atoms with van der Waals surface area (Å²) in [4.78, 5) is 2.68. The summed E-state index contributed by atoms with van der Waals surface area (Å²) < 4.78 is 0. The highest BCUT2D eigenvalue weighted by Crippen LogP contribution is 2.30. The van der Waals surface area contributed by atoms with Gasteiger partial charge in [0.15, 0.2) is 0 Å². The Hall–Kier alpha value is -1.06. The SMILES string of the molecule is CCCCC[C@H](c1cccc(-c2ccccc2)c1)N1CCNCC1.Cl.Cl. The van der Waals surface area contributed by atoms with E-state index in [9.17, 15) is 0 Å². The van der Waals surface area contributed by atoms with Gasteiger partial charge in [-0.25, -0.2) is 0 Å². The summed E-state index contributed by atoms with van der Waals surface area (Å²) >= 11 is 0. The Morgan fingerprint density at radius 2 is 1.58 bits per heavy atom. The molecule has 1 atom stereocenters. The Bertz CT molecular complexity index is 613. The van der Waals surface area contributed by atoms with Gasteiger partial charge in [0.1, 0.15) is 0 Å². The number of nitrogens with one attached hydrogen (secondary N) is 1. The molecule has 0 bridgehead atoms. The Labute approximate surface area is 171 Å². The van der Waals surface area contributed by atoms with Crippen molar-refractivity contribution in [2.24, 2.45) is 0 Å². The smallest absolute Gasteiger partial charge is 0.0349 e. The second kappa shape index (κ2) is 12.3. The Morgan fingerprint density at radius 3 is 2.27 bits per heavy atom. The van der Waals surface area contributed by atoms with Crippen LogP contribution in [0.1, 0.15) is 44.2 Å². The third kappa shape index (κ3) is 6.28. The van der Waals surface area contributed by atoms with Crippen LogP contribution in [0.5, 0.6) is 0 Å². The fourth-order valence-electron chi connectivity index (χ4n) is 3.70. The monoisotopic (exact) mass is 394 g/mol. The van der Waals surface area contributed by atoms with Crippen LogP contribution < -0.4 is 5.32 Å². The molecule has 0 saturated carbocycles. The lowest BCUT2D eigenvalue weighted by Gasteiger charge is -2.35. The molecule has 2 nitrogen and oxygen atoms in total. The predicted molar refractivity (Wildman–Crippen MR) is 118 cm³/mol. The second-order valence-electron chi connectivity index (χ2n) is 6.79. The number of hydrogen-bond acceptors (Lipinski definition) is 2. The zero-order chi connectivity index (χ0) is 16.6. The molecule has 144 valence electrons. The Balaban J connectivity index is 0.00000169. The molecule has 0 amide bonds. The molecule has 2 aromatic rings. The highest BCUT2D eigenvalue weighted by Gasteiger charge is 2.22. The first-order valence-electron chi connectivity index (χ1n) is 9.48. The molecule has 1 heterocycles. The van der Waals surface area contributed by atoms with Crippen LogP contribution in [0.25, 0.3) is 11.1 Å². The molecule has 0 spiro atoms. The number of halogens is 2. The van der Waals surface area contributed by atoms with Crippen LogP contribution in [0, 0.1) is 0 Å². The first-order chi connectivity index (χ1) is 11.9. The minimum atomic E-state index is 0. The molecule has 3 rings (SSSR count). The van der Waals surface area contributed by atoms with Crippen LogP contribution in [0.3, 0.4) is 0 Å². The molecule has 0 unspecified atom stereocenters. The minimum Gasteiger partial charge on any atom is -0.314 e. The van der Waals surface area contributed by atoms with E-state index in [4.69, 9.17) is 0 Å². The molecule has 0 aromatic heterocycles. The fourth-order valence-corrected chi connectivity index (χ4v) is 3.70. The number of unbranched alkanes of at least 4 members (excludes halogenated alkanes) is 2. The first kappa shape index (κ1) is 23.0. The summed E-state index contributed by atoms with van der Waals surface area (Å²) in [6.07, 6.45) is 5.21. The van der Waals surface area contributed by atoms with Gasteiger partial charge in [0.25, 0.3) is 0 Å². The topological polar surface area (TPSA) is 15.3 Å². The van der Waals surface area contributed by atoms with E-state index in [1.165, 1.54) is 42.4 Å². The van der Waals surface area contributed by atoms with E-state index in [0.29, 0.717) is 6.04 Å². The number of benzene rings is 2. The summed E-state index contributed by atoms with van der Waals surface area (Å²) in [7, 11) is 0. The lowest BCUT2D eigenvalue weighted by atomic mass is 9.95. The molecule has 1 saturated heterocycles. The second-order valence-corrected chi connectivity index (χ2v) is 6.79. The number of hydrogen-bond donors (Lipinski definition) is 1. The minimum absolute atomic E-state index is 0. The summed E-state index contributed by atoms with van der Waals surface area (Å²) in [5.74, 6) is 0. The normalized spacial score (nSPS) is 15.6. The van der Waals surface area contributed by atoms with E-state index < -0.39 is 0 Å². The fraction of sp³-hybridized carbons (Fsp3) is 0.455.